The topological polar surface area (TPSA) is 80.5 Å². The summed E-state index contributed by atoms with van der Waals surface area (Å²) in [5, 5.41) is 2.94. The lowest BCUT2D eigenvalue weighted by Gasteiger charge is -2.36. The molecule has 0 aliphatic carbocycles. The molecule has 1 aliphatic rings. The van der Waals surface area contributed by atoms with Gasteiger partial charge >= 0.3 is 0 Å². The standard InChI is InChI=1S/C24H28N4O3/c1-16-14-28(15-17(2)30-16)22-10-9-19(12-25-22)13-26-23(29)11-21-18(3)31-24(27-21)20-7-5-4-6-8-20/h4-10,12,16-17H,11,13-15H2,1-3H3,(H,26,29)/t16-,17-/m1/s1. The third-order valence-corrected chi connectivity index (χ3v) is 5.28. The Hall–Kier alpha value is -3.19. The number of anilines is 1. The number of aryl methyl sites for hydroxylation is 1. The van der Waals surface area contributed by atoms with Gasteiger partial charge in [0.25, 0.3) is 0 Å². The number of carbonyl (C=O) groups excluding carboxylic acids is 1. The molecule has 3 aromatic rings. The van der Waals surface area contributed by atoms with Crippen LogP contribution in [0.1, 0.15) is 30.9 Å². The van der Waals surface area contributed by atoms with E-state index in [1.807, 2.05) is 55.6 Å². The molecule has 7 nitrogen and oxygen atoms in total. The quantitative estimate of drug-likeness (QED) is 0.657. The zero-order valence-electron chi connectivity index (χ0n) is 18.2. The fourth-order valence-corrected chi connectivity index (χ4v) is 3.78. The molecule has 0 unspecified atom stereocenters. The van der Waals surface area contributed by atoms with Gasteiger partial charge in [-0.1, -0.05) is 24.3 Å². The Kier molecular flexibility index (Phi) is 6.32. The SMILES string of the molecule is Cc1oc(-c2ccccc2)nc1CC(=O)NCc1ccc(N2C[C@@H](C)O[C@H](C)C2)nc1. The number of aromatic nitrogens is 2. The minimum Gasteiger partial charge on any atom is -0.441 e. The normalized spacial score (nSPS) is 18.7. The molecule has 1 amide bonds. The number of pyridine rings is 1. The molecule has 0 saturated carbocycles. The summed E-state index contributed by atoms with van der Waals surface area (Å²) in [5.41, 5.74) is 2.50. The van der Waals surface area contributed by atoms with Crippen molar-refractivity contribution in [3.8, 4) is 11.5 Å². The van der Waals surface area contributed by atoms with Crippen LogP contribution in [-0.2, 0) is 22.5 Å². The second-order valence-corrected chi connectivity index (χ2v) is 8.03. The molecule has 162 valence electrons. The maximum absolute atomic E-state index is 12.4. The Balaban J connectivity index is 1.32. The van der Waals surface area contributed by atoms with Gasteiger partial charge in [0.1, 0.15) is 11.6 Å². The van der Waals surface area contributed by atoms with Gasteiger partial charge < -0.3 is 19.4 Å². The van der Waals surface area contributed by atoms with Crippen molar-refractivity contribution in [2.75, 3.05) is 18.0 Å². The minimum atomic E-state index is -0.101. The lowest BCUT2D eigenvalue weighted by molar-refractivity contribution is -0.120. The first-order valence-electron chi connectivity index (χ1n) is 10.6. The number of nitrogens with one attached hydrogen (secondary N) is 1. The average Bonchev–Trinajstić information content (AvgIpc) is 3.13. The number of ether oxygens (including phenoxy) is 1. The monoisotopic (exact) mass is 420 g/mol. The minimum absolute atomic E-state index is 0.101. The van der Waals surface area contributed by atoms with E-state index < -0.39 is 0 Å². The smallest absolute Gasteiger partial charge is 0.226 e. The summed E-state index contributed by atoms with van der Waals surface area (Å²) in [4.78, 5) is 23.7. The van der Waals surface area contributed by atoms with E-state index >= 15 is 0 Å². The molecule has 1 aromatic carbocycles. The molecule has 0 spiro atoms. The van der Waals surface area contributed by atoms with Crippen molar-refractivity contribution in [1.29, 1.82) is 0 Å². The van der Waals surface area contributed by atoms with E-state index in [2.05, 4.69) is 34.0 Å². The van der Waals surface area contributed by atoms with Crippen molar-refractivity contribution < 1.29 is 13.9 Å². The zero-order chi connectivity index (χ0) is 21.8. The fourth-order valence-electron chi connectivity index (χ4n) is 3.78. The van der Waals surface area contributed by atoms with Gasteiger partial charge in [0.2, 0.25) is 11.8 Å². The van der Waals surface area contributed by atoms with Crippen molar-refractivity contribution >= 4 is 11.7 Å². The van der Waals surface area contributed by atoms with Crippen LogP contribution >= 0.6 is 0 Å². The molecule has 1 N–H and O–H groups in total. The highest BCUT2D eigenvalue weighted by atomic mass is 16.5. The molecule has 4 rings (SSSR count). The first-order valence-corrected chi connectivity index (χ1v) is 10.6. The summed E-state index contributed by atoms with van der Waals surface area (Å²) >= 11 is 0. The largest absolute Gasteiger partial charge is 0.441 e. The Labute approximate surface area is 182 Å². The van der Waals surface area contributed by atoms with E-state index in [1.54, 1.807) is 0 Å². The van der Waals surface area contributed by atoms with E-state index in [0.717, 1.165) is 30.0 Å². The highest BCUT2D eigenvalue weighted by molar-refractivity contribution is 5.78. The zero-order valence-corrected chi connectivity index (χ0v) is 18.2. The van der Waals surface area contributed by atoms with Crippen LogP contribution in [-0.4, -0.2) is 41.2 Å². The Morgan fingerprint density at radius 3 is 2.55 bits per heavy atom. The lowest BCUT2D eigenvalue weighted by Crippen LogP contribution is -2.45. The third kappa shape index (κ3) is 5.30. The molecule has 1 saturated heterocycles. The molecule has 0 radical (unpaired) electrons. The number of hydrogen-bond acceptors (Lipinski definition) is 6. The van der Waals surface area contributed by atoms with Crippen LogP contribution in [0.4, 0.5) is 5.82 Å². The summed E-state index contributed by atoms with van der Waals surface area (Å²) in [6.07, 6.45) is 2.37. The second kappa shape index (κ2) is 9.31. The van der Waals surface area contributed by atoms with Crippen LogP contribution in [0.5, 0.6) is 0 Å². The number of amides is 1. The second-order valence-electron chi connectivity index (χ2n) is 8.03. The van der Waals surface area contributed by atoms with Crippen LogP contribution in [0, 0.1) is 6.92 Å². The van der Waals surface area contributed by atoms with Gasteiger partial charge in [0.05, 0.1) is 24.3 Å². The highest BCUT2D eigenvalue weighted by Gasteiger charge is 2.23. The van der Waals surface area contributed by atoms with Crippen LogP contribution in [0.3, 0.4) is 0 Å². The van der Waals surface area contributed by atoms with Crippen molar-refractivity contribution in [1.82, 2.24) is 15.3 Å². The number of benzene rings is 1. The number of morpholine rings is 1. The lowest BCUT2D eigenvalue weighted by atomic mass is 10.2. The van der Waals surface area contributed by atoms with Crippen molar-refractivity contribution in [3.05, 3.63) is 65.7 Å². The predicted octanol–water partition coefficient (Wildman–Crippen LogP) is 3.52. The van der Waals surface area contributed by atoms with E-state index in [-0.39, 0.29) is 24.5 Å². The molecule has 7 heteroatoms. The maximum atomic E-state index is 12.4. The first kappa shape index (κ1) is 21.1. The molecule has 0 bridgehead atoms. The number of hydrogen-bond donors (Lipinski definition) is 1. The Morgan fingerprint density at radius 2 is 1.87 bits per heavy atom. The van der Waals surface area contributed by atoms with E-state index in [9.17, 15) is 4.79 Å². The van der Waals surface area contributed by atoms with Crippen molar-refractivity contribution in [2.45, 2.75) is 45.9 Å². The maximum Gasteiger partial charge on any atom is 0.226 e. The summed E-state index contributed by atoms with van der Waals surface area (Å²) in [6.45, 7) is 8.06. The van der Waals surface area contributed by atoms with Gasteiger partial charge in [-0.25, -0.2) is 9.97 Å². The summed E-state index contributed by atoms with van der Waals surface area (Å²) in [6, 6.07) is 13.7. The van der Waals surface area contributed by atoms with Gasteiger partial charge in [0.15, 0.2) is 0 Å². The molecule has 1 aliphatic heterocycles. The van der Waals surface area contributed by atoms with E-state index in [4.69, 9.17) is 9.15 Å². The van der Waals surface area contributed by atoms with Gasteiger partial charge in [0, 0.05) is 31.4 Å². The number of nitrogens with zero attached hydrogens (tertiary/aromatic N) is 3. The average molecular weight is 421 g/mol. The van der Waals surface area contributed by atoms with Crippen LogP contribution in [0.2, 0.25) is 0 Å². The number of rotatable bonds is 6. The molecule has 3 heterocycles. The van der Waals surface area contributed by atoms with Crippen LogP contribution in [0.25, 0.3) is 11.5 Å². The molecular weight excluding hydrogens is 392 g/mol. The predicted molar refractivity (Wildman–Crippen MR) is 119 cm³/mol. The van der Waals surface area contributed by atoms with E-state index in [0.29, 0.717) is 23.9 Å². The van der Waals surface area contributed by atoms with Gasteiger partial charge in [-0.15, -0.1) is 0 Å². The van der Waals surface area contributed by atoms with Crippen LogP contribution < -0.4 is 10.2 Å². The molecule has 2 aromatic heterocycles. The van der Waals surface area contributed by atoms with Crippen molar-refractivity contribution in [3.63, 3.8) is 0 Å². The van der Waals surface area contributed by atoms with Gasteiger partial charge in [-0.05, 0) is 44.5 Å². The first-order chi connectivity index (χ1) is 15.0. The Bertz CT molecular complexity index is 1010. The van der Waals surface area contributed by atoms with Gasteiger partial charge in [-0.2, -0.15) is 0 Å². The van der Waals surface area contributed by atoms with E-state index in [1.165, 1.54) is 0 Å². The Morgan fingerprint density at radius 1 is 1.13 bits per heavy atom. The molecule has 31 heavy (non-hydrogen) atoms. The third-order valence-electron chi connectivity index (χ3n) is 5.28. The molecule has 2 atom stereocenters. The number of oxazole rings is 1. The summed E-state index contributed by atoms with van der Waals surface area (Å²) in [7, 11) is 0. The van der Waals surface area contributed by atoms with Gasteiger partial charge in [-0.3, -0.25) is 4.79 Å². The van der Waals surface area contributed by atoms with Crippen LogP contribution in [0.15, 0.2) is 53.1 Å². The summed E-state index contributed by atoms with van der Waals surface area (Å²) < 4.78 is 11.5. The highest BCUT2D eigenvalue weighted by Crippen LogP contribution is 2.22. The number of carbonyl (C=O) groups is 1. The van der Waals surface area contributed by atoms with Crippen molar-refractivity contribution in [2.24, 2.45) is 0 Å². The molecule has 1 fully saturated rings. The molecular formula is C24H28N4O3. The summed E-state index contributed by atoms with van der Waals surface area (Å²) in [5.74, 6) is 2.03. The fraction of sp³-hybridized carbons (Fsp3) is 0.375.